The number of rotatable bonds is 5. The monoisotopic (exact) mass is 393 g/mol. The number of carbonyl (C=O) groups excluding carboxylic acids is 2. The van der Waals surface area contributed by atoms with Crippen LogP contribution in [-0.2, 0) is 11.3 Å². The van der Waals surface area contributed by atoms with E-state index in [0.29, 0.717) is 28.3 Å². The van der Waals surface area contributed by atoms with Crippen LogP contribution in [0.5, 0.6) is 17.2 Å². The molecular weight excluding hydrogens is 377 g/mol. The third-order valence-electron chi connectivity index (χ3n) is 4.19. The highest BCUT2D eigenvalue weighted by Crippen LogP contribution is 2.28. The molecule has 29 heavy (non-hydrogen) atoms. The van der Waals surface area contributed by atoms with Gasteiger partial charge in [-0.15, -0.1) is 0 Å². The standard InChI is InChI=1S/C21H16FN3O4/c22-16-8-13(3-6-18(16)29-15-2-1-7-23-11-15)10-24-21(27)14-4-5-17-19(9-14)28-12-20(26)25-17/h1-9,11H,10,12H2,(H,24,27)(H,25,26). The minimum absolute atomic E-state index is 0.0713. The SMILES string of the molecule is O=C1COc2cc(C(=O)NCc3ccc(Oc4cccnc4)c(F)c3)ccc2N1. The number of halogens is 1. The maximum atomic E-state index is 14.3. The van der Waals surface area contributed by atoms with E-state index in [1.54, 1.807) is 42.6 Å². The van der Waals surface area contributed by atoms with E-state index in [0.717, 1.165) is 0 Å². The van der Waals surface area contributed by atoms with Gasteiger partial charge in [-0.3, -0.25) is 14.6 Å². The molecule has 2 heterocycles. The van der Waals surface area contributed by atoms with Gasteiger partial charge >= 0.3 is 0 Å². The van der Waals surface area contributed by atoms with Crippen LogP contribution in [-0.4, -0.2) is 23.4 Å². The van der Waals surface area contributed by atoms with Crippen molar-refractivity contribution in [1.82, 2.24) is 10.3 Å². The fraction of sp³-hybridized carbons (Fsp3) is 0.0952. The number of benzene rings is 2. The minimum Gasteiger partial charge on any atom is -0.482 e. The largest absolute Gasteiger partial charge is 0.482 e. The second kappa shape index (κ2) is 7.97. The third kappa shape index (κ3) is 4.32. The summed E-state index contributed by atoms with van der Waals surface area (Å²) >= 11 is 0. The van der Waals surface area contributed by atoms with E-state index in [1.807, 2.05) is 0 Å². The Morgan fingerprint density at radius 1 is 1.24 bits per heavy atom. The van der Waals surface area contributed by atoms with E-state index in [1.165, 1.54) is 18.3 Å². The molecular formula is C21H16FN3O4. The second-order valence-corrected chi connectivity index (χ2v) is 6.29. The molecule has 7 nitrogen and oxygen atoms in total. The lowest BCUT2D eigenvalue weighted by Crippen LogP contribution is -2.26. The molecule has 0 saturated carbocycles. The van der Waals surface area contributed by atoms with Crippen molar-refractivity contribution in [3.8, 4) is 17.2 Å². The lowest BCUT2D eigenvalue weighted by Gasteiger charge is -2.18. The van der Waals surface area contributed by atoms with Crippen molar-refractivity contribution < 1.29 is 23.5 Å². The predicted molar refractivity (Wildman–Crippen MR) is 102 cm³/mol. The number of anilines is 1. The van der Waals surface area contributed by atoms with Crippen molar-refractivity contribution in [2.45, 2.75) is 6.54 Å². The molecule has 0 unspecified atom stereocenters. The zero-order valence-electron chi connectivity index (χ0n) is 15.1. The molecule has 1 aliphatic heterocycles. The first-order valence-electron chi connectivity index (χ1n) is 8.80. The quantitative estimate of drug-likeness (QED) is 0.694. The number of nitrogens with one attached hydrogen (secondary N) is 2. The molecule has 1 aromatic heterocycles. The Labute approximate surface area is 165 Å². The summed E-state index contributed by atoms with van der Waals surface area (Å²) in [5.74, 6) is -0.198. The van der Waals surface area contributed by atoms with E-state index in [4.69, 9.17) is 9.47 Å². The van der Waals surface area contributed by atoms with Gasteiger partial charge in [0.2, 0.25) is 0 Å². The first kappa shape index (κ1) is 18.4. The maximum absolute atomic E-state index is 14.3. The molecule has 146 valence electrons. The van der Waals surface area contributed by atoms with E-state index < -0.39 is 5.82 Å². The first-order chi connectivity index (χ1) is 14.1. The zero-order chi connectivity index (χ0) is 20.2. The molecule has 4 rings (SSSR count). The fourth-order valence-electron chi connectivity index (χ4n) is 2.77. The van der Waals surface area contributed by atoms with Crippen LogP contribution in [0.4, 0.5) is 10.1 Å². The molecule has 0 bridgehead atoms. The lowest BCUT2D eigenvalue weighted by atomic mass is 10.1. The molecule has 0 radical (unpaired) electrons. The van der Waals surface area contributed by atoms with Crippen molar-refractivity contribution in [2.75, 3.05) is 11.9 Å². The van der Waals surface area contributed by atoms with Crippen LogP contribution < -0.4 is 20.1 Å². The molecule has 0 atom stereocenters. The number of hydrogen-bond donors (Lipinski definition) is 2. The molecule has 8 heteroatoms. The summed E-state index contributed by atoms with van der Waals surface area (Å²) in [6, 6.07) is 12.6. The maximum Gasteiger partial charge on any atom is 0.262 e. The summed E-state index contributed by atoms with van der Waals surface area (Å²) in [6.07, 6.45) is 3.08. The molecule has 0 fully saturated rings. The zero-order valence-corrected chi connectivity index (χ0v) is 15.1. The Morgan fingerprint density at radius 3 is 2.93 bits per heavy atom. The molecule has 2 N–H and O–H groups in total. The highest BCUT2D eigenvalue weighted by Gasteiger charge is 2.18. The van der Waals surface area contributed by atoms with Crippen LogP contribution >= 0.6 is 0 Å². The molecule has 2 aromatic carbocycles. The predicted octanol–water partition coefficient (Wildman–Crippen LogP) is 3.27. The van der Waals surface area contributed by atoms with Crippen LogP contribution in [0, 0.1) is 5.82 Å². The van der Waals surface area contributed by atoms with Gasteiger partial charge in [-0.25, -0.2) is 4.39 Å². The average molecular weight is 393 g/mol. The minimum atomic E-state index is -0.543. The second-order valence-electron chi connectivity index (χ2n) is 6.29. The van der Waals surface area contributed by atoms with Gasteiger partial charge in [-0.2, -0.15) is 0 Å². The molecule has 2 amide bonds. The van der Waals surface area contributed by atoms with Crippen LogP contribution in [0.2, 0.25) is 0 Å². The number of fused-ring (bicyclic) bond motifs is 1. The molecule has 1 aliphatic rings. The van der Waals surface area contributed by atoms with Gasteiger partial charge in [0, 0.05) is 18.3 Å². The summed E-state index contributed by atoms with van der Waals surface area (Å²) in [6.45, 7) is 0.0441. The van der Waals surface area contributed by atoms with Gasteiger partial charge < -0.3 is 20.1 Å². The summed E-state index contributed by atoms with van der Waals surface area (Å²) in [7, 11) is 0. The highest BCUT2D eigenvalue weighted by molar-refractivity contribution is 5.98. The van der Waals surface area contributed by atoms with Gasteiger partial charge in [0.15, 0.2) is 18.2 Å². The Bertz CT molecular complexity index is 1070. The smallest absolute Gasteiger partial charge is 0.262 e. The van der Waals surface area contributed by atoms with Gasteiger partial charge in [-0.05, 0) is 48.0 Å². The van der Waals surface area contributed by atoms with Crippen LogP contribution in [0.15, 0.2) is 60.9 Å². The van der Waals surface area contributed by atoms with E-state index in [9.17, 15) is 14.0 Å². The Hall–Kier alpha value is -3.94. The fourth-order valence-corrected chi connectivity index (χ4v) is 2.77. The van der Waals surface area contributed by atoms with E-state index >= 15 is 0 Å². The topological polar surface area (TPSA) is 89.6 Å². The van der Waals surface area contributed by atoms with Gasteiger partial charge in [0.05, 0.1) is 11.9 Å². The van der Waals surface area contributed by atoms with Gasteiger partial charge in [0.25, 0.3) is 11.8 Å². The van der Waals surface area contributed by atoms with Crippen LogP contribution in [0.1, 0.15) is 15.9 Å². The number of amides is 2. The number of carbonyl (C=O) groups is 2. The summed E-state index contributed by atoms with van der Waals surface area (Å²) < 4.78 is 25.1. The van der Waals surface area contributed by atoms with Crippen molar-refractivity contribution in [3.63, 3.8) is 0 Å². The molecule has 0 spiro atoms. The Kier molecular flexibility index (Phi) is 5.07. The average Bonchev–Trinajstić information content (AvgIpc) is 2.74. The van der Waals surface area contributed by atoms with Crippen LogP contribution in [0.3, 0.4) is 0 Å². The number of aromatic nitrogens is 1. The van der Waals surface area contributed by atoms with E-state index in [-0.39, 0.29) is 30.7 Å². The molecule has 0 aliphatic carbocycles. The van der Waals surface area contributed by atoms with E-state index in [2.05, 4.69) is 15.6 Å². The van der Waals surface area contributed by atoms with Crippen LogP contribution in [0.25, 0.3) is 0 Å². The van der Waals surface area contributed by atoms with Gasteiger partial charge in [-0.1, -0.05) is 6.07 Å². The van der Waals surface area contributed by atoms with Crippen molar-refractivity contribution in [1.29, 1.82) is 0 Å². The Morgan fingerprint density at radius 2 is 2.14 bits per heavy atom. The summed E-state index contributed by atoms with van der Waals surface area (Å²) in [5.41, 5.74) is 1.47. The number of nitrogens with zero attached hydrogens (tertiary/aromatic N) is 1. The third-order valence-corrected chi connectivity index (χ3v) is 4.19. The lowest BCUT2D eigenvalue weighted by molar-refractivity contribution is -0.118. The summed E-state index contributed by atoms with van der Waals surface area (Å²) in [5, 5.41) is 5.39. The highest BCUT2D eigenvalue weighted by atomic mass is 19.1. The first-order valence-corrected chi connectivity index (χ1v) is 8.80. The number of hydrogen-bond acceptors (Lipinski definition) is 5. The molecule has 0 saturated heterocycles. The molecule has 3 aromatic rings. The van der Waals surface area contributed by atoms with Crippen molar-refractivity contribution in [2.24, 2.45) is 0 Å². The van der Waals surface area contributed by atoms with Crippen molar-refractivity contribution in [3.05, 3.63) is 77.9 Å². The Balaban J connectivity index is 1.39. The number of pyridine rings is 1. The summed E-state index contributed by atoms with van der Waals surface area (Å²) in [4.78, 5) is 27.6. The normalized spacial score (nSPS) is 12.4. The number of ether oxygens (including phenoxy) is 2. The van der Waals surface area contributed by atoms with Crippen molar-refractivity contribution >= 4 is 17.5 Å². The van der Waals surface area contributed by atoms with Gasteiger partial charge in [0.1, 0.15) is 11.5 Å².